The smallest absolute Gasteiger partial charge is 0.300 e. The zero-order valence-electron chi connectivity index (χ0n) is 12.4. The summed E-state index contributed by atoms with van der Waals surface area (Å²) in [5, 5.41) is 34.1. The van der Waals surface area contributed by atoms with Gasteiger partial charge in [0.1, 0.15) is 11.8 Å². The average Bonchev–Trinajstić information content (AvgIpc) is 2.49. The lowest BCUT2D eigenvalue weighted by Crippen LogP contribution is -2.03. The summed E-state index contributed by atoms with van der Waals surface area (Å²) < 4.78 is 0. The number of aryl methyl sites for hydroxylation is 2. The van der Waals surface area contributed by atoms with E-state index in [4.69, 9.17) is 0 Å². The Morgan fingerprint density at radius 3 is 2.30 bits per heavy atom. The summed E-state index contributed by atoms with van der Waals surface area (Å²) in [4.78, 5) is 20.6. The highest BCUT2D eigenvalue weighted by molar-refractivity contribution is 5.79. The van der Waals surface area contributed by atoms with Gasteiger partial charge in [-0.1, -0.05) is 17.7 Å². The largest absolute Gasteiger partial charge is 0.349 e. The minimum atomic E-state index is -0.769. The van der Waals surface area contributed by atoms with Crippen LogP contribution in [0.3, 0.4) is 0 Å². The van der Waals surface area contributed by atoms with Crippen molar-refractivity contribution in [1.29, 1.82) is 5.26 Å². The molecule has 0 saturated heterocycles. The molecule has 0 spiro atoms. The van der Waals surface area contributed by atoms with E-state index in [0.717, 1.165) is 23.3 Å². The van der Waals surface area contributed by atoms with Crippen molar-refractivity contribution in [3.8, 4) is 6.07 Å². The fourth-order valence-electron chi connectivity index (χ4n) is 2.17. The van der Waals surface area contributed by atoms with E-state index < -0.39 is 21.2 Å². The fraction of sp³-hybridized carbons (Fsp3) is 0.133. The van der Waals surface area contributed by atoms with E-state index in [1.165, 1.54) is 0 Å². The van der Waals surface area contributed by atoms with E-state index >= 15 is 0 Å². The molecule has 0 aliphatic rings. The molecule has 23 heavy (non-hydrogen) atoms. The number of hydrogen-bond acceptors (Lipinski definition) is 6. The number of nitro benzene ring substituents is 2. The summed E-state index contributed by atoms with van der Waals surface area (Å²) in [7, 11) is 0. The van der Waals surface area contributed by atoms with E-state index in [-0.39, 0.29) is 11.3 Å². The molecule has 0 aliphatic carbocycles. The van der Waals surface area contributed by atoms with Crippen molar-refractivity contribution in [3.63, 3.8) is 0 Å². The molecule has 0 amide bonds. The topological polar surface area (TPSA) is 122 Å². The van der Waals surface area contributed by atoms with Crippen LogP contribution in [0.15, 0.2) is 30.3 Å². The maximum Gasteiger partial charge on any atom is 0.300 e. The van der Waals surface area contributed by atoms with Gasteiger partial charge in [0.15, 0.2) is 0 Å². The summed E-state index contributed by atoms with van der Waals surface area (Å²) in [5.41, 5.74) is 1.20. The van der Waals surface area contributed by atoms with Crippen molar-refractivity contribution >= 4 is 22.7 Å². The van der Waals surface area contributed by atoms with Crippen molar-refractivity contribution in [1.82, 2.24) is 0 Å². The third kappa shape index (κ3) is 3.24. The molecule has 0 heterocycles. The second-order valence-electron chi connectivity index (χ2n) is 4.96. The van der Waals surface area contributed by atoms with Crippen LogP contribution in [-0.4, -0.2) is 9.85 Å². The number of hydrogen-bond donors (Lipinski definition) is 1. The lowest BCUT2D eigenvalue weighted by Gasteiger charge is -2.12. The molecule has 116 valence electrons. The lowest BCUT2D eigenvalue weighted by molar-refractivity contribution is -0.393. The van der Waals surface area contributed by atoms with Crippen LogP contribution in [0.1, 0.15) is 16.7 Å². The summed E-state index contributed by atoms with van der Waals surface area (Å²) in [6.07, 6.45) is 0. The molecule has 0 unspecified atom stereocenters. The molecule has 0 atom stereocenters. The third-order valence-corrected chi connectivity index (χ3v) is 3.27. The molecule has 8 heteroatoms. The molecule has 0 fully saturated rings. The highest BCUT2D eigenvalue weighted by Crippen LogP contribution is 2.35. The van der Waals surface area contributed by atoms with Gasteiger partial charge in [-0.2, -0.15) is 5.26 Å². The van der Waals surface area contributed by atoms with Gasteiger partial charge in [-0.3, -0.25) is 20.2 Å². The molecular weight excluding hydrogens is 300 g/mol. The van der Waals surface area contributed by atoms with Gasteiger partial charge in [0, 0.05) is 11.8 Å². The van der Waals surface area contributed by atoms with Gasteiger partial charge >= 0.3 is 5.69 Å². The Labute approximate surface area is 131 Å². The molecule has 0 bridgehead atoms. The monoisotopic (exact) mass is 312 g/mol. The Hall–Kier alpha value is -3.47. The van der Waals surface area contributed by atoms with Gasteiger partial charge in [-0.05, 0) is 25.5 Å². The standard InChI is InChI=1S/C15H12N4O4/c1-9-3-4-13(10(2)5-9)17-15-11(8-16)6-12(18(20)21)7-14(15)19(22)23/h3-7,17H,1-2H3. The zero-order chi connectivity index (χ0) is 17.1. The van der Waals surface area contributed by atoms with Crippen LogP contribution in [0, 0.1) is 45.4 Å². The van der Waals surface area contributed by atoms with Crippen LogP contribution in [0.2, 0.25) is 0 Å². The normalized spacial score (nSPS) is 9.96. The number of nitriles is 1. The molecule has 2 aromatic rings. The SMILES string of the molecule is Cc1ccc(Nc2c(C#N)cc([N+](=O)[O-])cc2[N+](=O)[O-])c(C)c1. The number of benzene rings is 2. The number of rotatable bonds is 4. The van der Waals surface area contributed by atoms with Crippen molar-refractivity contribution in [2.45, 2.75) is 13.8 Å². The van der Waals surface area contributed by atoms with Crippen LogP contribution in [0.4, 0.5) is 22.7 Å². The maximum absolute atomic E-state index is 11.2. The summed E-state index contributed by atoms with van der Waals surface area (Å²) in [6.45, 7) is 3.73. The number of nitrogens with one attached hydrogen (secondary N) is 1. The lowest BCUT2D eigenvalue weighted by atomic mass is 10.1. The Bertz CT molecular complexity index is 855. The Morgan fingerprint density at radius 2 is 1.78 bits per heavy atom. The molecule has 2 rings (SSSR count). The third-order valence-electron chi connectivity index (χ3n) is 3.27. The minimum Gasteiger partial charge on any atom is -0.349 e. The second-order valence-corrected chi connectivity index (χ2v) is 4.96. The first-order valence-corrected chi connectivity index (χ1v) is 6.54. The summed E-state index contributed by atoms with van der Waals surface area (Å²) >= 11 is 0. The molecule has 0 aliphatic heterocycles. The van der Waals surface area contributed by atoms with Crippen molar-refractivity contribution in [2.24, 2.45) is 0 Å². The number of non-ortho nitro benzene ring substituents is 1. The Kier molecular flexibility index (Phi) is 4.23. The van der Waals surface area contributed by atoms with Gasteiger partial charge in [-0.15, -0.1) is 0 Å². The Balaban J connectivity index is 2.63. The van der Waals surface area contributed by atoms with Crippen LogP contribution in [0.25, 0.3) is 0 Å². The molecular formula is C15H12N4O4. The molecule has 0 aromatic heterocycles. The predicted octanol–water partition coefficient (Wildman–Crippen LogP) is 3.74. The molecule has 2 aromatic carbocycles. The number of nitro groups is 2. The van der Waals surface area contributed by atoms with Crippen molar-refractivity contribution in [2.75, 3.05) is 5.32 Å². The van der Waals surface area contributed by atoms with Crippen molar-refractivity contribution < 1.29 is 9.85 Å². The van der Waals surface area contributed by atoms with E-state index in [1.807, 2.05) is 26.0 Å². The quantitative estimate of drug-likeness (QED) is 0.677. The molecule has 0 radical (unpaired) electrons. The van der Waals surface area contributed by atoms with Gasteiger partial charge in [0.25, 0.3) is 5.69 Å². The van der Waals surface area contributed by atoms with Gasteiger partial charge in [0.05, 0.1) is 21.5 Å². The number of nitrogens with zero attached hydrogens (tertiary/aromatic N) is 3. The van der Waals surface area contributed by atoms with Crippen LogP contribution in [-0.2, 0) is 0 Å². The highest BCUT2D eigenvalue weighted by atomic mass is 16.6. The van der Waals surface area contributed by atoms with Gasteiger partial charge in [0.2, 0.25) is 0 Å². The first-order valence-electron chi connectivity index (χ1n) is 6.54. The molecule has 1 N–H and O–H groups in total. The van der Waals surface area contributed by atoms with E-state index in [1.54, 1.807) is 12.1 Å². The van der Waals surface area contributed by atoms with Crippen LogP contribution >= 0.6 is 0 Å². The number of anilines is 2. The highest BCUT2D eigenvalue weighted by Gasteiger charge is 2.24. The van der Waals surface area contributed by atoms with Crippen molar-refractivity contribution in [3.05, 3.63) is 67.3 Å². The van der Waals surface area contributed by atoms with E-state index in [2.05, 4.69) is 5.32 Å². The first kappa shape index (κ1) is 15.9. The maximum atomic E-state index is 11.2. The second kappa shape index (κ2) is 6.11. The van der Waals surface area contributed by atoms with Gasteiger partial charge in [-0.25, -0.2) is 0 Å². The van der Waals surface area contributed by atoms with E-state index in [9.17, 15) is 25.5 Å². The molecule has 8 nitrogen and oxygen atoms in total. The summed E-state index contributed by atoms with van der Waals surface area (Å²) in [6, 6.07) is 9.05. The minimum absolute atomic E-state index is 0.0601. The predicted molar refractivity (Wildman–Crippen MR) is 83.7 cm³/mol. The van der Waals surface area contributed by atoms with Crippen LogP contribution in [0.5, 0.6) is 0 Å². The van der Waals surface area contributed by atoms with Gasteiger partial charge < -0.3 is 5.32 Å². The summed E-state index contributed by atoms with van der Waals surface area (Å²) in [5.74, 6) is 0. The molecule has 0 saturated carbocycles. The zero-order valence-corrected chi connectivity index (χ0v) is 12.4. The first-order chi connectivity index (χ1) is 10.8. The fourth-order valence-corrected chi connectivity index (χ4v) is 2.17. The average molecular weight is 312 g/mol. The Morgan fingerprint density at radius 1 is 1.09 bits per heavy atom. The van der Waals surface area contributed by atoms with Crippen LogP contribution < -0.4 is 5.32 Å². The van der Waals surface area contributed by atoms with E-state index in [0.29, 0.717) is 5.69 Å².